The van der Waals surface area contributed by atoms with Gasteiger partial charge in [-0.25, -0.2) is 4.42 Å². The van der Waals surface area contributed by atoms with Crippen LogP contribution in [-0.2, 0) is 9.53 Å². The van der Waals surface area contributed by atoms with E-state index in [9.17, 15) is 9.90 Å². The average molecular weight is 789 g/mol. The molecule has 0 radical (unpaired) electrons. The number of methoxy groups -OCH3 is 2. The molecule has 0 atom stereocenters. The van der Waals surface area contributed by atoms with Crippen molar-refractivity contribution in [1.82, 2.24) is 0 Å². The maximum atomic E-state index is 13.7. The molecular formula is C42H29Br2O6+. The van der Waals surface area contributed by atoms with Crippen molar-refractivity contribution in [3.05, 3.63) is 176 Å². The third-order valence-corrected chi connectivity index (χ3v) is 9.31. The number of ether oxygens (including phenoxy) is 3. The van der Waals surface area contributed by atoms with E-state index in [2.05, 4.69) is 31.9 Å². The molecule has 2 heterocycles. The lowest BCUT2D eigenvalue weighted by molar-refractivity contribution is -0.113. The lowest BCUT2D eigenvalue weighted by atomic mass is 9.85. The molecule has 0 saturated heterocycles. The van der Waals surface area contributed by atoms with Gasteiger partial charge in [0.2, 0.25) is 5.78 Å². The summed E-state index contributed by atoms with van der Waals surface area (Å²) in [5, 5.41) is 11.3. The fourth-order valence-corrected chi connectivity index (χ4v) is 6.26. The summed E-state index contributed by atoms with van der Waals surface area (Å²) < 4.78 is 25.8. The van der Waals surface area contributed by atoms with Crippen LogP contribution < -0.4 is 9.47 Å². The summed E-state index contributed by atoms with van der Waals surface area (Å²) in [4.78, 5) is 13.7. The van der Waals surface area contributed by atoms with Gasteiger partial charge in [0.1, 0.15) is 34.3 Å². The Labute approximate surface area is 306 Å². The number of halogens is 2. The second-order valence-corrected chi connectivity index (χ2v) is 13.3. The van der Waals surface area contributed by atoms with Crippen molar-refractivity contribution >= 4 is 55.2 Å². The second kappa shape index (κ2) is 14.2. The van der Waals surface area contributed by atoms with Crippen LogP contribution in [0.1, 0.15) is 16.7 Å². The van der Waals surface area contributed by atoms with Crippen molar-refractivity contribution in [1.29, 1.82) is 0 Å². The summed E-state index contributed by atoms with van der Waals surface area (Å²) in [6.07, 6.45) is 7.04. The van der Waals surface area contributed by atoms with Crippen LogP contribution in [0.5, 0.6) is 11.5 Å². The number of Topliss-reactive ketones (excluding diaryl/α,β-unsaturated/α-hetero) is 1. The molecule has 0 spiro atoms. The predicted molar refractivity (Wildman–Crippen MR) is 203 cm³/mol. The summed E-state index contributed by atoms with van der Waals surface area (Å²) in [6, 6.07) is 34.3. The monoisotopic (exact) mass is 787 g/mol. The SMILES string of the molecule is COc1ccccc1C1=CC(=CC2=C(O)C(=Cc3cc(-c4ccc(Br)cc4)[o+]c(-c4ccccc4OC)c3)C2=O)C=C(c2ccc(Br)cc2)O1. The van der Waals surface area contributed by atoms with Crippen LogP contribution in [0.15, 0.2) is 163 Å². The minimum absolute atomic E-state index is 0.0929. The Hall–Kier alpha value is -5.44. The molecule has 8 heteroatoms. The van der Waals surface area contributed by atoms with Crippen molar-refractivity contribution in [2.45, 2.75) is 0 Å². The number of para-hydroxylation sites is 2. The highest BCUT2D eigenvalue weighted by atomic mass is 79.9. The molecule has 2 aliphatic rings. The molecular weight excluding hydrogens is 760 g/mol. The molecule has 5 aromatic rings. The molecule has 0 unspecified atom stereocenters. The summed E-state index contributed by atoms with van der Waals surface area (Å²) >= 11 is 6.99. The van der Waals surface area contributed by atoms with Crippen molar-refractivity contribution in [2.75, 3.05) is 14.2 Å². The zero-order chi connectivity index (χ0) is 34.8. The Bertz CT molecular complexity index is 2290. The maximum absolute atomic E-state index is 13.7. The zero-order valence-corrected chi connectivity index (χ0v) is 30.1. The van der Waals surface area contributed by atoms with E-state index in [0.717, 1.165) is 31.2 Å². The van der Waals surface area contributed by atoms with Crippen molar-refractivity contribution in [3.8, 4) is 34.1 Å². The minimum atomic E-state index is -0.280. The van der Waals surface area contributed by atoms with Gasteiger partial charge in [0.05, 0.1) is 48.6 Å². The molecule has 0 fully saturated rings. The van der Waals surface area contributed by atoms with Gasteiger partial charge in [0, 0.05) is 14.5 Å². The van der Waals surface area contributed by atoms with Gasteiger partial charge in [-0.15, -0.1) is 0 Å². The number of aliphatic hydroxyl groups is 1. The van der Waals surface area contributed by atoms with Gasteiger partial charge in [0.15, 0.2) is 0 Å². The van der Waals surface area contributed by atoms with Crippen molar-refractivity contribution in [2.24, 2.45) is 0 Å². The first-order valence-electron chi connectivity index (χ1n) is 15.6. The number of aliphatic hydroxyl groups excluding tert-OH is 1. The highest BCUT2D eigenvalue weighted by Crippen LogP contribution is 2.40. The van der Waals surface area contributed by atoms with E-state index in [4.69, 9.17) is 18.6 Å². The Morgan fingerprint density at radius 1 is 0.680 bits per heavy atom. The number of ketones is 1. The fraction of sp³-hybridized carbons (Fsp3) is 0.0476. The van der Waals surface area contributed by atoms with Crippen LogP contribution in [-0.4, -0.2) is 25.1 Å². The predicted octanol–water partition coefficient (Wildman–Crippen LogP) is 11.3. The van der Waals surface area contributed by atoms with Crippen LogP contribution in [0.4, 0.5) is 0 Å². The molecule has 0 amide bonds. The summed E-state index contributed by atoms with van der Waals surface area (Å²) in [6.45, 7) is 0. The normalized spacial score (nSPS) is 15.7. The van der Waals surface area contributed by atoms with Crippen LogP contribution in [0.2, 0.25) is 0 Å². The van der Waals surface area contributed by atoms with Gasteiger partial charge >= 0.3 is 11.5 Å². The van der Waals surface area contributed by atoms with Crippen LogP contribution in [0, 0.1) is 0 Å². The summed E-state index contributed by atoms with van der Waals surface area (Å²) in [7, 11) is 3.21. The molecule has 246 valence electrons. The van der Waals surface area contributed by atoms with Crippen LogP contribution in [0.3, 0.4) is 0 Å². The largest absolute Gasteiger partial charge is 0.506 e. The first-order chi connectivity index (χ1) is 24.3. The topological polar surface area (TPSA) is 76.3 Å². The fourth-order valence-electron chi connectivity index (χ4n) is 5.73. The molecule has 1 N–H and O–H groups in total. The summed E-state index contributed by atoms with van der Waals surface area (Å²) in [5.74, 6) is 3.20. The van der Waals surface area contributed by atoms with Gasteiger partial charge in [-0.1, -0.05) is 68.3 Å². The number of rotatable bonds is 8. The second-order valence-electron chi connectivity index (χ2n) is 11.4. The number of benzene rings is 4. The minimum Gasteiger partial charge on any atom is -0.506 e. The molecule has 7 rings (SSSR count). The molecule has 1 aliphatic carbocycles. The van der Waals surface area contributed by atoms with Gasteiger partial charge < -0.3 is 19.3 Å². The lowest BCUT2D eigenvalue weighted by Crippen LogP contribution is -2.21. The van der Waals surface area contributed by atoms with E-state index in [1.54, 1.807) is 26.4 Å². The maximum Gasteiger partial charge on any atom is 0.365 e. The Morgan fingerprint density at radius 2 is 1.24 bits per heavy atom. The zero-order valence-electron chi connectivity index (χ0n) is 26.9. The highest BCUT2D eigenvalue weighted by molar-refractivity contribution is 9.10. The molecule has 1 aliphatic heterocycles. The van der Waals surface area contributed by atoms with E-state index in [-0.39, 0.29) is 22.7 Å². The standard InChI is InChI=1S/C42H28Br2O6/c1-47-35-9-5-3-7-31(35)39-23-25(21-37(49-39)27-11-15-29(43)16-12-27)19-33-41(45)34(42(33)46)20-26-22-38(28-13-17-30(44)18-14-28)50-40(24-26)32-8-4-6-10-36(32)48-2/h3-24H,1-2H3/p+1. The van der Waals surface area contributed by atoms with E-state index in [1.807, 2.05) is 121 Å². The third-order valence-electron chi connectivity index (χ3n) is 8.25. The number of allylic oxidation sites excluding steroid dienone is 6. The molecule has 50 heavy (non-hydrogen) atoms. The Balaban J connectivity index is 1.30. The van der Waals surface area contributed by atoms with Gasteiger partial charge in [-0.2, -0.15) is 0 Å². The van der Waals surface area contributed by atoms with Gasteiger partial charge in [0.25, 0.3) is 0 Å². The molecule has 4 aromatic carbocycles. The quantitative estimate of drug-likeness (QED) is 0.125. The highest BCUT2D eigenvalue weighted by Gasteiger charge is 2.33. The van der Waals surface area contributed by atoms with E-state index in [0.29, 0.717) is 45.7 Å². The van der Waals surface area contributed by atoms with E-state index >= 15 is 0 Å². The Morgan fingerprint density at radius 3 is 1.88 bits per heavy atom. The van der Waals surface area contributed by atoms with Crippen LogP contribution >= 0.6 is 31.9 Å². The van der Waals surface area contributed by atoms with E-state index in [1.165, 1.54) is 0 Å². The summed E-state index contributed by atoms with van der Waals surface area (Å²) in [5.41, 5.74) is 4.97. The number of carbonyl (C=O) groups excluding carboxylic acids is 1. The van der Waals surface area contributed by atoms with E-state index < -0.39 is 0 Å². The number of hydrogen-bond donors (Lipinski definition) is 1. The van der Waals surface area contributed by atoms with Gasteiger partial charge in [-0.3, -0.25) is 4.79 Å². The molecule has 0 bridgehead atoms. The van der Waals surface area contributed by atoms with Gasteiger partial charge in [-0.05, 0) is 96.1 Å². The van der Waals surface area contributed by atoms with Crippen molar-refractivity contribution < 1.29 is 28.5 Å². The molecule has 1 aromatic heterocycles. The first kappa shape index (κ1) is 33.1. The third kappa shape index (κ3) is 6.72. The average Bonchev–Trinajstić information content (AvgIpc) is 3.16. The van der Waals surface area contributed by atoms with Crippen LogP contribution in [0.25, 0.3) is 40.2 Å². The lowest BCUT2D eigenvalue weighted by Gasteiger charge is -2.22. The number of carbonyl (C=O) groups is 1. The Kier molecular flexibility index (Phi) is 9.39. The number of hydrogen-bond acceptors (Lipinski definition) is 5. The first-order valence-corrected chi connectivity index (χ1v) is 17.2. The molecule has 6 nitrogen and oxygen atoms in total. The smallest absolute Gasteiger partial charge is 0.365 e. The molecule has 0 saturated carbocycles. The van der Waals surface area contributed by atoms with Crippen molar-refractivity contribution in [3.63, 3.8) is 0 Å².